The van der Waals surface area contributed by atoms with Gasteiger partial charge in [-0.05, 0) is 38.1 Å². The van der Waals surface area contributed by atoms with Crippen molar-refractivity contribution in [3.05, 3.63) is 48.2 Å². The first-order valence-corrected chi connectivity index (χ1v) is 6.21. The highest BCUT2D eigenvalue weighted by molar-refractivity contribution is 5.58. The van der Waals surface area contributed by atoms with E-state index in [1.54, 1.807) is 17.2 Å². The molecule has 2 N–H and O–H groups in total. The Kier molecular flexibility index (Phi) is 2.90. The molecule has 6 heteroatoms. The van der Waals surface area contributed by atoms with Crippen molar-refractivity contribution < 1.29 is 0 Å². The Morgan fingerprint density at radius 3 is 2.45 bits per heavy atom. The number of hydrogen-bond acceptors (Lipinski definition) is 5. The minimum absolute atomic E-state index is 0.630. The lowest BCUT2D eigenvalue weighted by Gasteiger charge is -2.02. The predicted molar refractivity (Wildman–Crippen MR) is 76.3 cm³/mol. The topological polar surface area (TPSA) is 82.5 Å². The van der Waals surface area contributed by atoms with Gasteiger partial charge in [-0.15, -0.1) is 5.10 Å². The average Bonchev–Trinajstić information content (AvgIpc) is 2.92. The first-order chi connectivity index (χ1) is 9.63. The van der Waals surface area contributed by atoms with Crippen LogP contribution in [-0.2, 0) is 0 Å². The van der Waals surface area contributed by atoms with Crippen LogP contribution in [0.25, 0.3) is 17.2 Å². The van der Waals surface area contributed by atoms with Gasteiger partial charge in [0.25, 0.3) is 0 Å². The van der Waals surface area contributed by atoms with Crippen molar-refractivity contribution >= 4 is 5.69 Å². The third-order valence-corrected chi connectivity index (χ3v) is 3.07. The highest BCUT2D eigenvalue weighted by Crippen LogP contribution is 2.17. The molecule has 100 valence electrons. The van der Waals surface area contributed by atoms with Crippen LogP contribution in [0.15, 0.2) is 36.8 Å². The Hall–Kier alpha value is -2.76. The summed E-state index contributed by atoms with van der Waals surface area (Å²) in [6.07, 6.45) is 3.31. The second-order valence-electron chi connectivity index (χ2n) is 4.53. The Balaban J connectivity index is 1.97. The van der Waals surface area contributed by atoms with E-state index in [9.17, 15) is 0 Å². The van der Waals surface area contributed by atoms with Gasteiger partial charge < -0.3 is 5.73 Å². The van der Waals surface area contributed by atoms with Gasteiger partial charge in [0.15, 0.2) is 11.6 Å². The molecule has 3 aromatic rings. The molecule has 0 amide bonds. The molecule has 3 rings (SSSR count). The van der Waals surface area contributed by atoms with Gasteiger partial charge in [0.05, 0.1) is 17.6 Å². The van der Waals surface area contributed by atoms with Crippen molar-refractivity contribution in [2.24, 2.45) is 0 Å². The highest BCUT2D eigenvalue weighted by Gasteiger charge is 2.07. The molecule has 2 heterocycles. The van der Waals surface area contributed by atoms with Crippen molar-refractivity contribution in [1.82, 2.24) is 24.7 Å². The van der Waals surface area contributed by atoms with E-state index in [1.165, 1.54) is 0 Å². The number of nitrogens with zero attached hydrogens (tertiary/aromatic N) is 5. The summed E-state index contributed by atoms with van der Waals surface area (Å²) < 4.78 is 1.62. The first-order valence-electron chi connectivity index (χ1n) is 6.21. The predicted octanol–water partition coefficient (Wildman–Crippen LogP) is 1.92. The summed E-state index contributed by atoms with van der Waals surface area (Å²) in [5.41, 5.74) is 9.09. The van der Waals surface area contributed by atoms with Gasteiger partial charge in [0.2, 0.25) is 0 Å². The van der Waals surface area contributed by atoms with E-state index >= 15 is 0 Å². The fourth-order valence-corrected chi connectivity index (χ4v) is 1.78. The zero-order chi connectivity index (χ0) is 14.1. The van der Waals surface area contributed by atoms with Crippen LogP contribution in [-0.4, -0.2) is 24.7 Å². The molecule has 0 aliphatic carbocycles. The third-order valence-electron chi connectivity index (χ3n) is 3.07. The molecule has 6 nitrogen and oxygen atoms in total. The van der Waals surface area contributed by atoms with E-state index in [2.05, 4.69) is 20.1 Å². The number of nitrogen functional groups attached to an aromatic ring is 1. The largest absolute Gasteiger partial charge is 0.399 e. The zero-order valence-electron chi connectivity index (χ0n) is 11.3. The molecule has 20 heavy (non-hydrogen) atoms. The van der Waals surface area contributed by atoms with E-state index in [0.29, 0.717) is 17.3 Å². The van der Waals surface area contributed by atoms with Gasteiger partial charge >= 0.3 is 0 Å². The van der Waals surface area contributed by atoms with Gasteiger partial charge in [-0.25, -0.2) is 14.6 Å². The van der Waals surface area contributed by atoms with E-state index < -0.39 is 0 Å². The van der Waals surface area contributed by atoms with Crippen molar-refractivity contribution in [1.29, 1.82) is 0 Å². The number of anilines is 1. The number of rotatable bonds is 2. The fourth-order valence-electron chi connectivity index (χ4n) is 1.78. The summed E-state index contributed by atoms with van der Waals surface area (Å²) in [4.78, 5) is 13.0. The molecule has 0 bridgehead atoms. The molecule has 0 spiro atoms. The highest BCUT2D eigenvalue weighted by atomic mass is 15.4. The van der Waals surface area contributed by atoms with Crippen LogP contribution < -0.4 is 5.73 Å². The van der Waals surface area contributed by atoms with E-state index in [4.69, 9.17) is 5.73 Å². The Morgan fingerprint density at radius 2 is 1.75 bits per heavy atom. The van der Waals surface area contributed by atoms with Gasteiger partial charge in [-0.2, -0.15) is 0 Å². The second-order valence-corrected chi connectivity index (χ2v) is 4.53. The SMILES string of the molecule is Cc1ncc(-n2cnc(-c3ccc(N)cc3)n2)nc1C. The summed E-state index contributed by atoms with van der Waals surface area (Å²) in [6.45, 7) is 3.84. The third kappa shape index (κ3) is 2.23. The maximum Gasteiger partial charge on any atom is 0.181 e. The van der Waals surface area contributed by atoms with E-state index in [0.717, 1.165) is 17.0 Å². The maximum atomic E-state index is 5.67. The molecular formula is C14H14N6. The van der Waals surface area contributed by atoms with E-state index in [-0.39, 0.29) is 0 Å². The van der Waals surface area contributed by atoms with Crippen LogP contribution in [0.1, 0.15) is 11.4 Å². The standard InChI is InChI=1S/C14H14N6/c1-9-10(2)18-13(7-16-9)20-8-17-14(19-20)11-3-5-12(15)6-4-11/h3-8H,15H2,1-2H3. The molecule has 0 aliphatic heterocycles. The number of hydrogen-bond donors (Lipinski definition) is 1. The summed E-state index contributed by atoms with van der Waals surface area (Å²) in [6, 6.07) is 7.43. The van der Waals surface area contributed by atoms with Crippen LogP contribution in [0, 0.1) is 13.8 Å². The number of nitrogens with two attached hydrogens (primary N) is 1. The molecule has 0 unspecified atom stereocenters. The summed E-state index contributed by atoms with van der Waals surface area (Å²) in [7, 11) is 0. The molecule has 2 aromatic heterocycles. The summed E-state index contributed by atoms with van der Waals surface area (Å²) in [5, 5.41) is 4.41. The molecule has 0 atom stereocenters. The molecule has 1 aromatic carbocycles. The molecule has 0 saturated carbocycles. The van der Waals surface area contributed by atoms with Crippen LogP contribution in [0.2, 0.25) is 0 Å². The Bertz CT molecular complexity index is 745. The number of aromatic nitrogens is 5. The molecule has 0 radical (unpaired) electrons. The monoisotopic (exact) mass is 266 g/mol. The van der Waals surface area contributed by atoms with Gasteiger partial charge in [0, 0.05) is 11.3 Å². The summed E-state index contributed by atoms with van der Waals surface area (Å²) in [5.74, 6) is 1.28. The lowest BCUT2D eigenvalue weighted by atomic mass is 10.2. The van der Waals surface area contributed by atoms with E-state index in [1.807, 2.05) is 38.1 Å². The van der Waals surface area contributed by atoms with Crippen LogP contribution in [0.3, 0.4) is 0 Å². The Labute approximate surface area is 116 Å². The molecule has 0 saturated heterocycles. The molecular weight excluding hydrogens is 252 g/mol. The van der Waals surface area contributed by atoms with Crippen LogP contribution >= 0.6 is 0 Å². The maximum absolute atomic E-state index is 5.67. The van der Waals surface area contributed by atoms with Crippen LogP contribution in [0.5, 0.6) is 0 Å². The van der Waals surface area contributed by atoms with Gasteiger partial charge in [-0.1, -0.05) is 0 Å². The average molecular weight is 266 g/mol. The van der Waals surface area contributed by atoms with Crippen LogP contribution in [0.4, 0.5) is 5.69 Å². The first kappa shape index (κ1) is 12.3. The van der Waals surface area contributed by atoms with Gasteiger partial charge in [0.1, 0.15) is 6.33 Å². The van der Waals surface area contributed by atoms with Gasteiger partial charge in [-0.3, -0.25) is 4.98 Å². The number of aryl methyl sites for hydroxylation is 2. The second kappa shape index (κ2) is 4.73. The van der Waals surface area contributed by atoms with Crippen molar-refractivity contribution in [3.8, 4) is 17.2 Å². The van der Waals surface area contributed by atoms with Crippen molar-refractivity contribution in [2.75, 3.05) is 5.73 Å². The molecule has 0 aliphatic rings. The zero-order valence-corrected chi connectivity index (χ0v) is 11.3. The van der Waals surface area contributed by atoms with Crippen molar-refractivity contribution in [2.45, 2.75) is 13.8 Å². The minimum atomic E-state index is 0.630. The molecule has 0 fully saturated rings. The lowest BCUT2D eigenvalue weighted by molar-refractivity contribution is 0.825. The summed E-state index contributed by atoms with van der Waals surface area (Å²) >= 11 is 0. The smallest absolute Gasteiger partial charge is 0.181 e. The van der Waals surface area contributed by atoms with Crippen molar-refractivity contribution in [3.63, 3.8) is 0 Å². The Morgan fingerprint density at radius 1 is 1.00 bits per heavy atom. The lowest BCUT2D eigenvalue weighted by Crippen LogP contribution is -2.02. The normalized spacial score (nSPS) is 10.7. The fraction of sp³-hybridized carbons (Fsp3) is 0.143. The number of benzene rings is 1. The minimum Gasteiger partial charge on any atom is -0.399 e. The quantitative estimate of drug-likeness (QED) is 0.716.